The molecule has 162 valence electrons. The zero-order valence-corrected chi connectivity index (χ0v) is 17.7. The molecule has 1 fully saturated rings. The van der Waals surface area contributed by atoms with Crippen molar-refractivity contribution in [1.82, 2.24) is 15.5 Å². The second kappa shape index (κ2) is 9.73. The zero-order valence-electron chi connectivity index (χ0n) is 17.7. The SMILES string of the molecule is CCCN(CCCCC(=O)NC)c1cccc2c1CN(C1CCC(=O)NC1=O)C2=O. The minimum Gasteiger partial charge on any atom is -0.371 e. The molecule has 0 saturated carbocycles. The van der Waals surface area contributed by atoms with Gasteiger partial charge in [0.15, 0.2) is 0 Å². The van der Waals surface area contributed by atoms with Crippen molar-refractivity contribution in [3.63, 3.8) is 0 Å². The molecule has 2 N–H and O–H groups in total. The summed E-state index contributed by atoms with van der Waals surface area (Å²) in [6.07, 6.45) is 3.75. The lowest BCUT2D eigenvalue weighted by Crippen LogP contribution is -2.52. The highest BCUT2D eigenvalue weighted by Gasteiger charge is 2.40. The fraction of sp³-hybridized carbons (Fsp3) is 0.545. The molecule has 8 heteroatoms. The Morgan fingerprint density at radius 1 is 1.23 bits per heavy atom. The third kappa shape index (κ3) is 4.63. The number of anilines is 1. The number of amides is 4. The number of piperidine rings is 1. The van der Waals surface area contributed by atoms with Crippen LogP contribution in [0.15, 0.2) is 18.2 Å². The number of hydrogen-bond acceptors (Lipinski definition) is 5. The van der Waals surface area contributed by atoms with Gasteiger partial charge in [-0.05, 0) is 37.8 Å². The van der Waals surface area contributed by atoms with E-state index in [9.17, 15) is 19.2 Å². The van der Waals surface area contributed by atoms with Gasteiger partial charge in [-0.25, -0.2) is 0 Å². The van der Waals surface area contributed by atoms with E-state index in [1.807, 2.05) is 18.2 Å². The number of benzene rings is 1. The van der Waals surface area contributed by atoms with E-state index in [0.717, 1.165) is 43.6 Å². The largest absolute Gasteiger partial charge is 0.371 e. The van der Waals surface area contributed by atoms with E-state index in [2.05, 4.69) is 22.5 Å². The summed E-state index contributed by atoms with van der Waals surface area (Å²) in [4.78, 5) is 52.1. The van der Waals surface area contributed by atoms with Gasteiger partial charge in [-0.3, -0.25) is 24.5 Å². The lowest BCUT2D eigenvalue weighted by Gasteiger charge is -2.30. The molecule has 1 aromatic rings. The highest BCUT2D eigenvalue weighted by atomic mass is 16.2. The molecule has 1 atom stereocenters. The third-order valence-electron chi connectivity index (χ3n) is 5.75. The van der Waals surface area contributed by atoms with Gasteiger partial charge in [-0.2, -0.15) is 0 Å². The molecular formula is C22H30N4O4. The lowest BCUT2D eigenvalue weighted by atomic mass is 10.0. The van der Waals surface area contributed by atoms with E-state index in [4.69, 9.17) is 0 Å². The fourth-order valence-corrected chi connectivity index (χ4v) is 4.20. The van der Waals surface area contributed by atoms with Crippen LogP contribution in [0.1, 0.15) is 61.4 Å². The van der Waals surface area contributed by atoms with Crippen LogP contribution in [0.2, 0.25) is 0 Å². The number of fused-ring (bicyclic) bond motifs is 1. The maximum absolute atomic E-state index is 13.0. The minimum atomic E-state index is -0.609. The van der Waals surface area contributed by atoms with Crippen LogP contribution in [0.5, 0.6) is 0 Å². The van der Waals surface area contributed by atoms with Crippen molar-refractivity contribution in [3.8, 4) is 0 Å². The number of rotatable bonds is 9. The molecule has 2 heterocycles. The number of nitrogens with one attached hydrogen (secondary N) is 2. The normalized spacial score (nSPS) is 18.3. The fourth-order valence-electron chi connectivity index (χ4n) is 4.20. The maximum Gasteiger partial charge on any atom is 0.255 e. The van der Waals surface area contributed by atoms with E-state index >= 15 is 0 Å². The molecule has 0 bridgehead atoms. The number of imide groups is 1. The Balaban J connectivity index is 1.75. The van der Waals surface area contributed by atoms with Crippen molar-refractivity contribution in [2.75, 3.05) is 25.0 Å². The van der Waals surface area contributed by atoms with Crippen LogP contribution in [0.4, 0.5) is 5.69 Å². The minimum absolute atomic E-state index is 0.0446. The molecule has 4 amide bonds. The molecule has 1 aromatic carbocycles. The van der Waals surface area contributed by atoms with Gasteiger partial charge in [0.1, 0.15) is 6.04 Å². The predicted molar refractivity (Wildman–Crippen MR) is 113 cm³/mol. The highest BCUT2D eigenvalue weighted by Crippen LogP contribution is 2.34. The average molecular weight is 415 g/mol. The summed E-state index contributed by atoms with van der Waals surface area (Å²) in [6, 6.07) is 5.10. The van der Waals surface area contributed by atoms with Crippen molar-refractivity contribution in [2.24, 2.45) is 0 Å². The Hall–Kier alpha value is -2.90. The molecule has 1 unspecified atom stereocenters. The Labute approximate surface area is 177 Å². The zero-order chi connectivity index (χ0) is 21.7. The molecule has 3 rings (SSSR count). The van der Waals surface area contributed by atoms with Crippen LogP contribution in [-0.4, -0.2) is 54.7 Å². The van der Waals surface area contributed by atoms with Gasteiger partial charge in [0.2, 0.25) is 17.7 Å². The first-order valence-corrected chi connectivity index (χ1v) is 10.7. The predicted octanol–water partition coefficient (Wildman–Crippen LogP) is 1.58. The van der Waals surface area contributed by atoms with Crippen LogP contribution in [0.25, 0.3) is 0 Å². The van der Waals surface area contributed by atoms with Gasteiger partial charge in [0, 0.05) is 56.3 Å². The van der Waals surface area contributed by atoms with Gasteiger partial charge in [-0.15, -0.1) is 0 Å². The van der Waals surface area contributed by atoms with Crippen molar-refractivity contribution in [3.05, 3.63) is 29.3 Å². The molecule has 0 radical (unpaired) electrons. The molecule has 0 spiro atoms. The van der Waals surface area contributed by atoms with Crippen molar-refractivity contribution in [2.45, 2.75) is 58.0 Å². The van der Waals surface area contributed by atoms with Crippen LogP contribution >= 0.6 is 0 Å². The summed E-state index contributed by atoms with van der Waals surface area (Å²) in [7, 11) is 1.64. The second-order valence-corrected chi connectivity index (χ2v) is 7.82. The molecule has 1 saturated heterocycles. The summed E-state index contributed by atoms with van der Waals surface area (Å²) in [6.45, 7) is 4.13. The summed E-state index contributed by atoms with van der Waals surface area (Å²) < 4.78 is 0. The third-order valence-corrected chi connectivity index (χ3v) is 5.75. The molecule has 0 aliphatic carbocycles. The van der Waals surface area contributed by atoms with Gasteiger partial charge in [0.25, 0.3) is 5.91 Å². The molecule has 2 aliphatic heterocycles. The smallest absolute Gasteiger partial charge is 0.255 e. The quantitative estimate of drug-likeness (QED) is 0.472. The topological polar surface area (TPSA) is 98.8 Å². The first-order chi connectivity index (χ1) is 14.5. The summed E-state index contributed by atoms with van der Waals surface area (Å²) in [5, 5.41) is 4.99. The number of hydrogen-bond donors (Lipinski definition) is 2. The highest BCUT2D eigenvalue weighted by molar-refractivity contribution is 6.06. The van der Waals surface area contributed by atoms with Gasteiger partial charge in [0.05, 0.1) is 0 Å². The van der Waals surface area contributed by atoms with Crippen molar-refractivity contribution < 1.29 is 19.2 Å². The lowest BCUT2D eigenvalue weighted by molar-refractivity contribution is -0.137. The Bertz CT molecular complexity index is 838. The summed E-state index contributed by atoms with van der Waals surface area (Å²) >= 11 is 0. The van der Waals surface area contributed by atoms with Crippen molar-refractivity contribution >= 4 is 29.3 Å². The van der Waals surface area contributed by atoms with E-state index in [0.29, 0.717) is 24.9 Å². The van der Waals surface area contributed by atoms with Crippen LogP contribution in [0.3, 0.4) is 0 Å². The standard InChI is InChI=1S/C22H30N4O4/c1-3-12-25(13-5-4-9-19(27)23-2)17-8-6-7-15-16(17)14-26(22(15)30)18-10-11-20(28)24-21(18)29/h6-8,18H,3-5,9-14H2,1-2H3,(H,23,27)(H,24,28,29). The van der Waals surface area contributed by atoms with Gasteiger partial charge < -0.3 is 15.1 Å². The number of carbonyl (C=O) groups excluding carboxylic acids is 4. The molecule has 0 aromatic heterocycles. The monoisotopic (exact) mass is 414 g/mol. The molecular weight excluding hydrogens is 384 g/mol. The van der Waals surface area contributed by atoms with Gasteiger partial charge >= 0.3 is 0 Å². The van der Waals surface area contributed by atoms with Crippen LogP contribution < -0.4 is 15.5 Å². The van der Waals surface area contributed by atoms with Crippen LogP contribution in [0, 0.1) is 0 Å². The van der Waals surface area contributed by atoms with E-state index < -0.39 is 11.9 Å². The van der Waals surface area contributed by atoms with E-state index in [1.54, 1.807) is 11.9 Å². The average Bonchev–Trinajstić information content (AvgIpc) is 3.06. The Morgan fingerprint density at radius 3 is 2.73 bits per heavy atom. The second-order valence-electron chi connectivity index (χ2n) is 7.82. The summed E-state index contributed by atoms with van der Waals surface area (Å²) in [5.41, 5.74) is 2.58. The Kier molecular flexibility index (Phi) is 7.07. The van der Waals surface area contributed by atoms with Crippen molar-refractivity contribution in [1.29, 1.82) is 0 Å². The van der Waals surface area contributed by atoms with E-state index in [1.165, 1.54) is 0 Å². The Morgan fingerprint density at radius 2 is 2.03 bits per heavy atom. The van der Waals surface area contributed by atoms with Crippen LogP contribution in [-0.2, 0) is 20.9 Å². The first kappa shape index (κ1) is 21.8. The maximum atomic E-state index is 13.0. The number of nitrogens with zero attached hydrogens (tertiary/aromatic N) is 2. The number of unbranched alkanes of at least 4 members (excludes halogenated alkanes) is 1. The van der Waals surface area contributed by atoms with Gasteiger partial charge in [-0.1, -0.05) is 13.0 Å². The molecule has 30 heavy (non-hydrogen) atoms. The summed E-state index contributed by atoms with van der Waals surface area (Å²) in [5.74, 6) is -0.791. The number of carbonyl (C=O) groups is 4. The first-order valence-electron chi connectivity index (χ1n) is 10.7. The van der Waals surface area contributed by atoms with E-state index in [-0.39, 0.29) is 24.1 Å². The molecule has 8 nitrogen and oxygen atoms in total. The molecule has 2 aliphatic rings.